The molecule has 0 radical (unpaired) electrons. The lowest BCUT2D eigenvalue weighted by Crippen LogP contribution is -2.16. The summed E-state index contributed by atoms with van der Waals surface area (Å²) in [5.41, 5.74) is 3.60. The second-order valence-corrected chi connectivity index (χ2v) is 7.32. The van der Waals surface area contributed by atoms with E-state index in [0.29, 0.717) is 5.16 Å². The Morgan fingerprint density at radius 1 is 1.15 bits per heavy atom. The van der Waals surface area contributed by atoms with E-state index >= 15 is 0 Å². The van der Waals surface area contributed by atoms with Gasteiger partial charge in [0, 0.05) is 5.56 Å². The van der Waals surface area contributed by atoms with Crippen molar-refractivity contribution in [3.63, 3.8) is 0 Å². The van der Waals surface area contributed by atoms with E-state index in [-0.39, 0.29) is 11.0 Å². The first-order chi connectivity index (χ1) is 12.5. The first-order valence-electron chi connectivity index (χ1n) is 8.20. The van der Waals surface area contributed by atoms with Crippen molar-refractivity contribution < 1.29 is 9.53 Å². The van der Waals surface area contributed by atoms with E-state index in [1.54, 1.807) is 11.8 Å². The number of aryl methyl sites for hydroxylation is 2. The second kappa shape index (κ2) is 7.70. The van der Waals surface area contributed by atoms with Crippen LogP contribution in [0.15, 0.2) is 47.6 Å². The van der Waals surface area contributed by atoms with Gasteiger partial charge in [0.2, 0.25) is 5.16 Å². The SMILES string of the molecule is COc1ccc(-n2nnnc2S[C@@H](C)C(=O)c2cc(C)ccc2C)cc1. The standard InChI is InChI=1S/C19H20N4O2S/c1-12-5-6-13(2)17(11-12)18(24)14(3)26-19-20-21-22-23(19)15-7-9-16(25-4)10-8-15/h5-11,14H,1-4H3/t14-/m0/s1. The van der Waals surface area contributed by atoms with Gasteiger partial charge in [-0.1, -0.05) is 29.5 Å². The molecule has 0 saturated carbocycles. The minimum absolute atomic E-state index is 0.0699. The zero-order valence-corrected chi connectivity index (χ0v) is 15.9. The van der Waals surface area contributed by atoms with E-state index in [1.165, 1.54) is 11.8 Å². The monoisotopic (exact) mass is 368 g/mol. The number of hydrogen-bond donors (Lipinski definition) is 0. The fourth-order valence-corrected chi connectivity index (χ4v) is 3.45. The Kier molecular flexibility index (Phi) is 5.37. The third kappa shape index (κ3) is 3.77. The van der Waals surface area contributed by atoms with Crippen LogP contribution in [0.4, 0.5) is 0 Å². The molecule has 3 rings (SSSR count). The van der Waals surface area contributed by atoms with Crippen molar-refractivity contribution in [3.8, 4) is 11.4 Å². The van der Waals surface area contributed by atoms with Crippen LogP contribution in [0, 0.1) is 13.8 Å². The number of ketones is 1. The van der Waals surface area contributed by atoms with Crippen LogP contribution in [0.25, 0.3) is 5.69 Å². The molecule has 134 valence electrons. The summed E-state index contributed by atoms with van der Waals surface area (Å²) in [6, 6.07) is 13.3. The Morgan fingerprint density at radius 2 is 1.88 bits per heavy atom. The Morgan fingerprint density at radius 3 is 2.58 bits per heavy atom. The molecule has 1 atom stereocenters. The van der Waals surface area contributed by atoms with Crippen LogP contribution in [0.2, 0.25) is 0 Å². The fourth-order valence-electron chi connectivity index (χ4n) is 2.57. The largest absolute Gasteiger partial charge is 0.497 e. The van der Waals surface area contributed by atoms with Crippen LogP contribution >= 0.6 is 11.8 Å². The van der Waals surface area contributed by atoms with Crippen LogP contribution in [-0.2, 0) is 0 Å². The molecule has 0 amide bonds. The first-order valence-corrected chi connectivity index (χ1v) is 9.08. The zero-order valence-electron chi connectivity index (χ0n) is 15.1. The van der Waals surface area contributed by atoms with Crippen molar-refractivity contribution in [3.05, 3.63) is 59.2 Å². The van der Waals surface area contributed by atoms with E-state index in [0.717, 1.165) is 28.1 Å². The maximum absolute atomic E-state index is 12.9. The number of Topliss-reactive ketones (excluding diaryl/α,β-unsaturated/α-hetero) is 1. The van der Waals surface area contributed by atoms with Gasteiger partial charge in [-0.05, 0) is 67.1 Å². The average molecular weight is 368 g/mol. The van der Waals surface area contributed by atoms with E-state index in [1.807, 2.05) is 63.2 Å². The Hall–Kier alpha value is -2.67. The molecular formula is C19H20N4O2S. The van der Waals surface area contributed by atoms with Gasteiger partial charge in [0.15, 0.2) is 5.78 Å². The molecule has 0 N–H and O–H groups in total. The highest BCUT2D eigenvalue weighted by Crippen LogP contribution is 2.27. The van der Waals surface area contributed by atoms with Crippen molar-refractivity contribution in [2.45, 2.75) is 31.2 Å². The first kappa shape index (κ1) is 18.1. The maximum Gasteiger partial charge on any atom is 0.214 e. The van der Waals surface area contributed by atoms with Crippen LogP contribution < -0.4 is 4.74 Å². The Labute approximate surface area is 156 Å². The Bertz CT molecular complexity index is 922. The van der Waals surface area contributed by atoms with Crippen molar-refractivity contribution in [1.29, 1.82) is 0 Å². The molecular weight excluding hydrogens is 348 g/mol. The molecule has 0 fully saturated rings. The molecule has 3 aromatic rings. The number of hydrogen-bond acceptors (Lipinski definition) is 6. The molecule has 0 aliphatic carbocycles. The molecule has 1 aromatic heterocycles. The van der Waals surface area contributed by atoms with Crippen LogP contribution in [0.3, 0.4) is 0 Å². The number of tetrazole rings is 1. The predicted molar refractivity (Wildman–Crippen MR) is 101 cm³/mol. The number of thioether (sulfide) groups is 1. The van der Waals surface area contributed by atoms with Gasteiger partial charge < -0.3 is 4.74 Å². The molecule has 2 aromatic carbocycles. The molecule has 0 aliphatic heterocycles. The minimum Gasteiger partial charge on any atom is -0.497 e. The number of rotatable bonds is 6. The number of carbonyl (C=O) groups excluding carboxylic acids is 1. The maximum atomic E-state index is 12.9. The minimum atomic E-state index is -0.307. The molecule has 0 bridgehead atoms. The van der Waals surface area contributed by atoms with Gasteiger partial charge in [0.1, 0.15) is 5.75 Å². The van der Waals surface area contributed by atoms with Crippen LogP contribution in [0.1, 0.15) is 28.4 Å². The number of methoxy groups -OCH3 is 1. The lowest BCUT2D eigenvalue weighted by Gasteiger charge is -2.12. The quantitative estimate of drug-likeness (QED) is 0.489. The summed E-state index contributed by atoms with van der Waals surface area (Å²) in [7, 11) is 1.62. The number of benzene rings is 2. The topological polar surface area (TPSA) is 69.9 Å². The third-order valence-corrected chi connectivity index (χ3v) is 5.10. The van der Waals surface area contributed by atoms with E-state index in [4.69, 9.17) is 4.74 Å². The zero-order chi connectivity index (χ0) is 18.7. The number of ether oxygens (including phenoxy) is 1. The van der Waals surface area contributed by atoms with Gasteiger partial charge in [-0.25, -0.2) is 0 Å². The molecule has 7 heteroatoms. The van der Waals surface area contributed by atoms with Crippen LogP contribution in [0.5, 0.6) is 5.75 Å². The van der Waals surface area contributed by atoms with Gasteiger partial charge in [0.05, 0.1) is 18.0 Å². The summed E-state index contributed by atoms with van der Waals surface area (Å²) in [5.74, 6) is 0.829. The van der Waals surface area contributed by atoms with Gasteiger partial charge >= 0.3 is 0 Å². The summed E-state index contributed by atoms with van der Waals surface area (Å²) in [6.07, 6.45) is 0. The summed E-state index contributed by atoms with van der Waals surface area (Å²) in [4.78, 5) is 12.9. The molecule has 26 heavy (non-hydrogen) atoms. The molecule has 0 unspecified atom stereocenters. The molecule has 0 spiro atoms. The van der Waals surface area contributed by atoms with Crippen molar-refractivity contribution in [2.24, 2.45) is 0 Å². The smallest absolute Gasteiger partial charge is 0.214 e. The fraction of sp³-hybridized carbons (Fsp3) is 0.263. The molecule has 0 aliphatic rings. The summed E-state index contributed by atoms with van der Waals surface area (Å²) in [5, 5.41) is 12.1. The highest BCUT2D eigenvalue weighted by atomic mass is 32.2. The number of aromatic nitrogens is 4. The molecule has 0 saturated heterocycles. The number of nitrogens with zero attached hydrogens (tertiary/aromatic N) is 4. The second-order valence-electron chi connectivity index (χ2n) is 6.01. The lowest BCUT2D eigenvalue weighted by molar-refractivity contribution is 0.0993. The van der Waals surface area contributed by atoms with Crippen molar-refractivity contribution in [2.75, 3.05) is 7.11 Å². The van der Waals surface area contributed by atoms with Gasteiger partial charge in [-0.15, -0.1) is 5.10 Å². The molecule has 6 nitrogen and oxygen atoms in total. The normalized spacial score (nSPS) is 12.0. The van der Waals surface area contributed by atoms with Gasteiger partial charge in [-0.3, -0.25) is 4.79 Å². The van der Waals surface area contributed by atoms with Crippen molar-refractivity contribution in [1.82, 2.24) is 20.2 Å². The van der Waals surface area contributed by atoms with Gasteiger partial charge in [-0.2, -0.15) is 4.68 Å². The van der Waals surface area contributed by atoms with Gasteiger partial charge in [0.25, 0.3) is 0 Å². The predicted octanol–water partition coefficient (Wildman–Crippen LogP) is 3.65. The van der Waals surface area contributed by atoms with E-state index < -0.39 is 0 Å². The van der Waals surface area contributed by atoms with E-state index in [2.05, 4.69) is 15.5 Å². The number of carbonyl (C=O) groups is 1. The summed E-state index contributed by atoms with van der Waals surface area (Å²) < 4.78 is 6.79. The lowest BCUT2D eigenvalue weighted by atomic mass is 10.0. The molecule has 1 heterocycles. The summed E-state index contributed by atoms with van der Waals surface area (Å²) in [6.45, 7) is 5.81. The van der Waals surface area contributed by atoms with E-state index in [9.17, 15) is 4.79 Å². The highest BCUT2D eigenvalue weighted by Gasteiger charge is 2.22. The average Bonchev–Trinajstić information content (AvgIpc) is 3.11. The Balaban J connectivity index is 1.82. The highest BCUT2D eigenvalue weighted by molar-refractivity contribution is 8.00. The van der Waals surface area contributed by atoms with Crippen molar-refractivity contribution >= 4 is 17.5 Å². The van der Waals surface area contributed by atoms with Crippen LogP contribution in [-0.4, -0.2) is 38.4 Å². The summed E-state index contributed by atoms with van der Waals surface area (Å²) >= 11 is 1.35. The third-order valence-electron chi connectivity index (χ3n) is 4.07.